The first-order valence-electron chi connectivity index (χ1n) is 6.28. The molecule has 20 heavy (non-hydrogen) atoms. The maximum absolute atomic E-state index is 12.1. The van der Waals surface area contributed by atoms with Crippen LogP contribution in [0.1, 0.15) is 24.2 Å². The van der Waals surface area contributed by atoms with E-state index >= 15 is 0 Å². The van der Waals surface area contributed by atoms with Crippen molar-refractivity contribution in [3.05, 3.63) is 29.6 Å². The van der Waals surface area contributed by atoms with E-state index in [2.05, 4.69) is 9.38 Å². The zero-order valence-corrected chi connectivity index (χ0v) is 11.5. The molecule has 104 valence electrons. The van der Waals surface area contributed by atoms with E-state index in [-0.39, 0.29) is 12.2 Å². The lowest BCUT2D eigenvalue weighted by Gasteiger charge is -2.31. The summed E-state index contributed by atoms with van der Waals surface area (Å²) in [4.78, 5) is 6.07. The Hall–Kier alpha value is -1.98. The number of pyridine rings is 1. The molecule has 2 aliphatic heterocycles. The Labute approximate surface area is 117 Å². The highest BCUT2D eigenvalue weighted by Gasteiger charge is 2.34. The molecule has 0 aliphatic carbocycles. The van der Waals surface area contributed by atoms with Crippen molar-refractivity contribution in [3.63, 3.8) is 0 Å². The molecular formula is C12H13N5O2S. The zero-order valence-electron chi connectivity index (χ0n) is 10.7. The zero-order chi connectivity index (χ0) is 14.2. The lowest BCUT2D eigenvalue weighted by Crippen LogP contribution is -2.45. The second-order valence-electron chi connectivity index (χ2n) is 4.73. The molecule has 1 saturated heterocycles. The van der Waals surface area contributed by atoms with Gasteiger partial charge in [-0.2, -0.15) is 18.0 Å². The number of nitrogens with zero attached hydrogens (tertiary/aromatic N) is 5. The maximum atomic E-state index is 12.1. The summed E-state index contributed by atoms with van der Waals surface area (Å²) in [5.74, 6) is 0.653. The van der Waals surface area contributed by atoms with Crippen LogP contribution in [0.4, 0.5) is 0 Å². The standard InChI is InChI=1S/C12H13N5O2S/c13-7-10-3-1-4-11(14-10)8-17-9-16-6-2-5-12(16)15-20(17,18)19/h1,3-4H,2,5-6,8-9H2. The summed E-state index contributed by atoms with van der Waals surface area (Å²) in [7, 11) is -3.64. The van der Waals surface area contributed by atoms with Crippen molar-refractivity contribution in [2.45, 2.75) is 19.4 Å². The molecule has 1 aromatic rings. The van der Waals surface area contributed by atoms with Gasteiger partial charge in [0.15, 0.2) is 0 Å². The summed E-state index contributed by atoms with van der Waals surface area (Å²) in [6.45, 7) is 1.27. The third kappa shape index (κ3) is 2.37. The third-order valence-electron chi connectivity index (χ3n) is 3.33. The topological polar surface area (TPSA) is 89.7 Å². The summed E-state index contributed by atoms with van der Waals surface area (Å²) in [6.07, 6.45) is 1.65. The van der Waals surface area contributed by atoms with Crippen LogP contribution in [0.25, 0.3) is 0 Å². The molecule has 0 saturated carbocycles. The fourth-order valence-electron chi connectivity index (χ4n) is 2.37. The van der Waals surface area contributed by atoms with Crippen LogP contribution in [0.5, 0.6) is 0 Å². The Morgan fingerprint density at radius 3 is 3.05 bits per heavy atom. The largest absolute Gasteiger partial charge is 0.345 e. The number of fused-ring (bicyclic) bond motifs is 1. The molecule has 3 heterocycles. The molecule has 0 bridgehead atoms. The number of aromatic nitrogens is 1. The quantitative estimate of drug-likeness (QED) is 0.790. The van der Waals surface area contributed by atoms with E-state index in [9.17, 15) is 8.42 Å². The summed E-state index contributed by atoms with van der Waals surface area (Å²) in [5, 5.41) is 8.82. The molecule has 0 atom stereocenters. The monoisotopic (exact) mass is 291 g/mol. The van der Waals surface area contributed by atoms with Gasteiger partial charge in [-0.05, 0) is 18.6 Å². The number of amidine groups is 1. The summed E-state index contributed by atoms with van der Waals surface area (Å²) >= 11 is 0. The van der Waals surface area contributed by atoms with Gasteiger partial charge in [0.05, 0.1) is 18.9 Å². The average molecular weight is 291 g/mol. The predicted octanol–water partition coefficient (Wildman–Crippen LogP) is 0.465. The molecule has 0 unspecified atom stereocenters. The Morgan fingerprint density at radius 2 is 2.25 bits per heavy atom. The molecule has 0 N–H and O–H groups in total. The fourth-order valence-corrected chi connectivity index (χ4v) is 3.54. The van der Waals surface area contributed by atoms with Crippen molar-refractivity contribution < 1.29 is 8.42 Å². The van der Waals surface area contributed by atoms with Crippen LogP contribution in [-0.4, -0.2) is 41.7 Å². The van der Waals surface area contributed by atoms with Crippen molar-refractivity contribution in [2.75, 3.05) is 13.2 Å². The highest BCUT2D eigenvalue weighted by molar-refractivity contribution is 7.88. The molecule has 3 rings (SSSR count). The molecule has 0 spiro atoms. The lowest BCUT2D eigenvalue weighted by molar-refractivity contribution is 0.276. The van der Waals surface area contributed by atoms with Gasteiger partial charge in [0.1, 0.15) is 17.6 Å². The van der Waals surface area contributed by atoms with Gasteiger partial charge in [-0.1, -0.05) is 6.07 Å². The normalized spacial score (nSPS) is 21.1. The van der Waals surface area contributed by atoms with Crippen LogP contribution in [0, 0.1) is 11.3 Å². The van der Waals surface area contributed by atoms with Crippen molar-refractivity contribution in [1.29, 1.82) is 5.26 Å². The van der Waals surface area contributed by atoms with Crippen LogP contribution < -0.4 is 0 Å². The van der Waals surface area contributed by atoms with Gasteiger partial charge in [-0.15, -0.1) is 4.40 Å². The van der Waals surface area contributed by atoms with E-state index in [0.29, 0.717) is 18.2 Å². The van der Waals surface area contributed by atoms with E-state index in [1.165, 1.54) is 4.31 Å². The van der Waals surface area contributed by atoms with Gasteiger partial charge >= 0.3 is 10.2 Å². The number of hydrogen-bond acceptors (Lipinski definition) is 5. The minimum atomic E-state index is -3.64. The average Bonchev–Trinajstić information content (AvgIpc) is 2.85. The third-order valence-corrected chi connectivity index (χ3v) is 4.67. The highest BCUT2D eigenvalue weighted by atomic mass is 32.2. The molecular weight excluding hydrogens is 278 g/mol. The highest BCUT2D eigenvalue weighted by Crippen LogP contribution is 2.22. The SMILES string of the molecule is N#Cc1cccc(CN2CN3CCCC3=NS2(=O)=O)n1. The molecule has 7 nitrogen and oxygen atoms in total. The maximum Gasteiger partial charge on any atom is 0.325 e. The first-order valence-corrected chi connectivity index (χ1v) is 7.68. The van der Waals surface area contributed by atoms with Crippen LogP contribution in [-0.2, 0) is 16.8 Å². The van der Waals surface area contributed by atoms with Crippen LogP contribution in [0.3, 0.4) is 0 Å². The van der Waals surface area contributed by atoms with Crippen LogP contribution in [0.2, 0.25) is 0 Å². The van der Waals surface area contributed by atoms with E-state index < -0.39 is 10.2 Å². The lowest BCUT2D eigenvalue weighted by atomic mass is 10.3. The molecule has 2 aliphatic rings. The van der Waals surface area contributed by atoms with E-state index in [4.69, 9.17) is 5.26 Å². The molecule has 0 radical (unpaired) electrons. The van der Waals surface area contributed by atoms with Gasteiger partial charge in [-0.3, -0.25) is 0 Å². The number of rotatable bonds is 2. The smallest absolute Gasteiger partial charge is 0.325 e. The predicted molar refractivity (Wildman–Crippen MR) is 71.7 cm³/mol. The van der Waals surface area contributed by atoms with Gasteiger partial charge in [-0.25, -0.2) is 4.98 Å². The van der Waals surface area contributed by atoms with Gasteiger partial charge in [0, 0.05) is 13.0 Å². The first-order chi connectivity index (χ1) is 9.58. The minimum Gasteiger partial charge on any atom is -0.345 e. The van der Waals surface area contributed by atoms with Gasteiger partial charge in [0.25, 0.3) is 0 Å². The minimum absolute atomic E-state index is 0.130. The fraction of sp³-hybridized carbons (Fsp3) is 0.417. The summed E-state index contributed by atoms with van der Waals surface area (Å²) in [6, 6.07) is 6.94. The van der Waals surface area contributed by atoms with Crippen molar-refractivity contribution in [3.8, 4) is 6.07 Å². The molecule has 1 aromatic heterocycles. The Bertz CT molecular complexity index is 707. The van der Waals surface area contributed by atoms with E-state index in [1.54, 1.807) is 18.2 Å². The molecule has 0 amide bonds. The number of nitriles is 1. The van der Waals surface area contributed by atoms with E-state index in [0.717, 1.165) is 19.4 Å². The van der Waals surface area contributed by atoms with Crippen molar-refractivity contribution in [1.82, 2.24) is 14.2 Å². The summed E-state index contributed by atoms with van der Waals surface area (Å²) in [5.41, 5.74) is 0.827. The van der Waals surface area contributed by atoms with E-state index in [1.807, 2.05) is 11.0 Å². The number of hydrogen-bond donors (Lipinski definition) is 0. The van der Waals surface area contributed by atoms with Crippen molar-refractivity contribution >= 4 is 16.0 Å². The molecule has 0 aromatic carbocycles. The molecule has 8 heteroatoms. The second-order valence-corrected chi connectivity index (χ2v) is 6.32. The first kappa shape index (κ1) is 13.0. The van der Waals surface area contributed by atoms with Gasteiger partial charge < -0.3 is 4.90 Å². The summed E-state index contributed by atoms with van der Waals surface area (Å²) < 4.78 is 29.3. The van der Waals surface area contributed by atoms with Crippen LogP contribution in [0.15, 0.2) is 22.6 Å². The van der Waals surface area contributed by atoms with Crippen molar-refractivity contribution in [2.24, 2.45) is 4.40 Å². The Balaban J connectivity index is 1.86. The molecule has 1 fully saturated rings. The second kappa shape index (κ2) is 4.85. The Kier molecular flexibility index (Phi) is 3.16. The van der Waals surface area contributed by atoms with Gasteiger partial charge in [0.2, 0.25) is 0 Å². The Morgan fingerprint density at radius 1 is 1.40 bits per heavy atom. The van der Waals surface area contributed by atoms with Crippen LogP contribution >= 0.6 is 0 Å².